The van der Waals surface area contributed by atoms with E-state index in [-0.39, 0.29) is 12.1 Å². The van der Waals surface area contributed by atoms with Crippen molar-refractivity contribution in [3.63, 3.8) is 0 Å². The molecule has 0 fully saturated rings. The number of rotatable bonds is 9. The van der Waals surface area contributed by atoms with E-state index in [0.717, 1.165) is 17.9 Å². The van der Waals surface area contributed by atoms with Gasteiger partial charge in [-0.2, -0.15) is 0 Å². The molecule has 3 rings (SSSR count). The summed E-state index contributed by atoms with van der Waals surface area (Å²) < 4.78 is 11.8. The zero-order chi connectivity index (χ0) is 19.1. The van der Waals surface area contributed by atoms with Crippen LogP contribution in [-0.4, -0.2) is 49.1 Å². The Labute approximate surface area is 161 Å². The van der Waals surface area contributed by atoms with Gasteiger partial charge in [0.15, 0.2) is 11.5 Å². The number of benzene rings is 2. The lowest BCUT2D eigenvalue weighted by Gasteiger charge is -2.31. The molecule has 0 aliphatic carbocycles. The predicted octanol–water partition coefficient (Wildman–Crippen LogP) is 2.39. The Kier molecular flexibility index (Phi) is 7.10. The summed E-state index contributed by atoms with van der Waals surface area (Å²) in [7, 11) is 0. The largest absolute Gasteiger partial charge is 0.486 e. The number of hydrogen-bond acceptors (Lipinski definition) is 5. The second-order valence-electron chi connectivity index (χ2n) is 7.26. The molecule has 1 aliphatic rings. The van der Waals surface area contributed by atoms with Gasteiger partial charge < -0.3 is 25.2 Å². The van der Waals surface area contributed by atoms with E-state index in [1.54, 1.807) is 0 Å². The standard InChI is InChI=1S/C22H30N2O3/c1-16(12-18-8-4-3-5-9-18)23-13-19(25)14-24-17(2)22-15-26-20-10-6-7-11-21(20)27-22/h3-11,16-17,19,22-25H,12-15H2,1-2H3. The first-order chi connectivity index (χ1) is 13.1. The highest BCUT2D eigenvalue weighted by atomic mass is 16.6. The quantitative estimate of drug-likeness (QED) is 0.633. The summed E-state index contributed by atoms with van der Waals surface area (Å²) in [4.78, 5) is 0. The van der Waals surface area contributed by atoms with Crippen LogP contribution < -0.4 is 20.1 Å². The Bertz CT molecular complexity index is 695. The maximum atomic E-state index is 10.3. The molecule has 27 heavy (non-hydrogen) atoms. The first-order valence-corrected chi connectivity index (χ1v) is 9.69. The third-order valence-corrected chi connectivity index (χ3v) is 4.85. The van der Waals surface area contributed by atoms with Crippen molar-refractivity contribution in [1.82, 2.24) is 10.6 Å². The molecule has 0 saturated carbocycles. The van der Waals surface area contributed by atoms with Crippen molar-refractivity contribution in [1.29, 1.82) is 0 Å². The molecule has 4 unspecified atom stereocenters. The van der Waals surface area contributed by atoms with E-state index in [1.807, 2.05) is 30.3 Å². The van der Waals surface area contributed by atoms with Gasteiger partial charge in [-0.05, 0) is 38.0 Å². The Balaban J connectivity index is 1.36. The van der Waals surface area contributed by atoms with Gasteiger partial charge in [0.25, 0.3) is 0 Å². The summed E-state index contributed by atoms with van der Waals surface area (Å²) in [6.45, 7) is 5.76. The minimum atomic E-state index is -0.456. The lowest BCUT2D eigenvalue weighted by Crippen LogP contribution is -2.49. The van der Waals surface area contributed by atoms with Crippen LogP contribution in [0.15, 0.2) is 54.6 Å². The highest BCUT2D eigenvalue weighted by Crippen LogP contribution is 2.31. The molecule has 0 aromatic heterocycles. The fourth-order valence-corrected chi connectivity index (χ4v) is 3.18. The van der Waals surface area contributed by atoms with Gasteiger partial charge in [-0.1, -0.05) is 42.5 Å². The number of nitrogens with one attached hydrogen (secondary N) is 2. The first kappa shape index (κ1) is 19.7. The fraction of sp³-hybridized carbons (Fsp3) is 0.455. The molecule has 0 bridgehead atoms. The van der Waals surface area contributed by atoms with Crippen molar-refractivity contribution in [2.45, 2.75) is 44.6 Å². The molecule has 0 saturated heterocycles. The number of ether oxygens (including phenoxy) is 2. The molecule has 5 nitrogen and oxygen atoms in total. The second kappa shape index (κ2) is 9.74. The molecule has 2 aromatic rings. The van der Waals surface area contributed by atoms with Crippen LogP contribution in [0.2, 0.25) is 0 Å². The van der Waals surface area contributed by atoms with E-state index in [1.165, 1.54) is 5.56 Å². The molecular weight excluding hydrogens is 340 g/mol. The lowest BCUT2D eigenvalue weighted by molar-refractivity contribution is 0.0611. The number of aliphatic hydroxyl groups is 1. The fourth-order valence-electron chi connectivity index (χ4n) is 3.18. The minimum Gasteiger partial charge on any atom is -0.486 e. The van der Waals surface area contributed by atoms with Gasteiger partial charge in [0, 0.05) is 25.2 Å². The Morgan fingerprint density at radius 2 is 1.63 bits per heavy atom. The third kappa shape index (κ3) is 5.96. The maximum absolute atomic E-state index is 10.3. The van der Waals surface area contributed by atoms with Crippen LogP contribution in [0.25, 0.3) is 0 Å². The van der Waals surface area contributed by atoms with Crippen LogP contribution in [0, 0.1) is 0 Å². The number of hydrogen-bond donors (Lipinski definition) is 3. The van der Waals surface area contributed by atoms with E-state index in [2.05, 4.69) is 48.7 Å². The average molecular weight is 370 g/mol. The third-order valence-electron chi connectivity index (χ3n) is 4.85. The maximum Gasteiger partial charge on any atom is 0.161 e. The molecule has 1 heterocycles. The monoisotopic (exact) mass is 370 g/mol. The number of aliphatic hydroxyl groups excluding tert-OH is 1. The highest BCUT2D eigenvalue weighted by Gasteiger charge is 2.26. The van der Waals surface area contributed by atoms with Gasteiger partial charge >= 0.3 is 0 Å². The van der Waals surface area contributed by atoms with Crippen LogP contribution in [-0.2, 0) is 6.42 Å². The summed E-state index contributed by atoms with van der Waals surface area (Å²) in [6, 6.07) is 18.5. The van der Waals surface area contributed by atoms with E-state index < -0.39 is 6.10 Å². The molecule has 1 aliphatic heterocycles. The Morgan fingerprint density at radius 1 is 0.963 bits per heavy atom. The molecule has 3 N–H and O–H groups in total. The summed E-state index contributed by atoms with van der Waals surface area (Å²) in [6.07, 6.45) is 0.420. The van der Waals surface area contributed by atoms with Crippen LogP contribution in [0.3, 0.4) is 0 Å². The van der Waals surface area contributed by atoms with Crippen LogP contribution in [0.5, 0.6) is 11.5 Å². The summed E-state index contributed by atoms with van der Waals surface area (Å²) in [5.74, 6) is 1.57. The molecule has 4 atom stereocenters. The second-order valence-corrected chi connectivity index (χ2v) is 7.26. The van der Waals surface area contributed by atoms with Gasteiger partial charge in [-0.15, -0.1) is 0 Å². The smallest absolute Gasteiger partial charge is 0.161 e. The molecule has 0 amide bonds. The SMILES string of the molecule is CC(Cc1ccccc1)NCC(O)CNC(C)C1COc2ccccc2O1. The topological polar surface area (TPSA) is 62.8 Å². The van der Waals surface area contributed by atoms with Crippen LogP contribution in [0.4, 0.5) is 0 Å². The van der Waals surface area contributed by atoms with E-state index in [4.69, 9.17) is 9.47 Å². The predicted molar refractivity (Wildman–Crippen MR) is 107 cm³/mol. The zero-order valence-corrected chi connectivity index (χ0v) is 16.1. The van der Waals surface area contributed by atoms with Crippen LogP contribution in [0.1, 0.15) is 19.4 Å². The van der Waals surface area contributed by atoms with Crippen LogP contribution >= 0.6 is 0 Å². The van der Waals surface area contributed by atoms with Crippen molar-refractivity contribution in [2.24, 2.45) is 0 Å². The van der Waals surface area contributed by atoms with E-state index in [9.17, 15) is 5.11 Å². The highest BCUT2D eigenvalue weighted by molar-refractivity contribution is 5.40. The van der Waals surface area contributed by atoms with Gasteiger partial charge in [0.1, 0.15) is 12.7 Å². The zero-order valence-electron chi connectivity index (χ0n) is 16.1. The van der Waals surface area contributed by atoms with Gasteiger partial charge in [-0.3, -0.25) is 0 Å². The molecule has 0 radical (unpaired) electrons. The molecule has 5 heteroatoms. The molecule has 0 spiro atoms. The van der Waals surface area contributed by atoms with Crippen molar-refractivity contribution in [2.75, 3.05) is 19.7 Å². The van der Waals surface area contributed by atoms with E-state index >= 15 is 0 Å². The first-order valence-electron chi connectivity index (χ1n) is 9.69. The molecule has 2 aromatic carbocycles. The average Bonchev–Trinajstić information content (AvgIpc) is 2.71. The number of para-hydroxylation sites is 2. The summed E-state index contributed by atoms with van der Waals surface area (Å²) in [5, 5.41) is 17.0. The minimum absolute atomic E-state index is 0.0722. The summed E-state index contributed by atoms with van der Waals surface area (Å²) in [5.41, 5.74) is 1.30. The summed E-state index contributed by atoms with van der Waals surface area (Å²) >= 11 is 0. The Morgan fingerprint density at radius 3 is 2.41 bits per heavy atom. The molecule has 146 valence electrons. The van der Waals surface area contributed by atoms with E-state index in [0.29, 0.717) is 25.7 Å². The van der Waals surface area contributed by atoms with Crippen molar-refractivity contribution >= 4 is 0 Å². The lowest BCUT2D eigenvalue weighted by atomic mass is 10.1. The van der Waals surface area contributed by atoms with Crippen molar-refractivity contribution in [3.8, 4) is 11.5 Å². The Hall–Kier alpha value is -2.08. The van der Waals surface area contributed by atoms with Gasteiger partial charge in [0.05, 0.1) is 6.10 Å². The molecular formula is C22H30N2O3. The van der Waals surface area contributed by atoms with Crippen molar-refractivity contribution < 1.29 is 14.6 Å². The number of fused-ring (bicyclic) bond motifs is 1. The van der Waals surface area contributed by atoms with Gasteiger partial charge in [0.2, 0.25) is 0 Å². The van der Waals surface area contributed by atoms with Gasteiger partial charge in [-0.25, -0.2) is 0 Å². The normalized spacial score (nSPS) is 19.3. The van der Waals surface area contributed by atoms with Crippen molar-refractivity contribution in [3.05, 3.63) is 60.2 Å².